The lowest BCUT2D eigenvalue weighted by molar-refractivity contribution is -0.122. The molecule has 0 aromatic carbocycles. The van der Waals surface area contributed by atoms with Crippen molar-refractivity contribution in [1.82, 2.24) is 19.2 Å². The lowest BCUT2D eigenvalue weighted by Crippen LogP contribution is -2.36. The third-order valence-corrected chi connectivity index (χ3v) is 5.66. The Balaban J connectivity index is 1.70. The molecule has 1 aliphatic carbocycles. The Kier molecular flexibility index (Phi) is 5.10. The molecule has 130 valence electrons. The fraction of sp³-hybridized carbons (Fsp3) is 0.588. The summed E-state index contributed by atoms with van der Waals surface area (Å²) in [6, 6.07) is 0. The number of amides is 1. The highest BCUT2D eigenvalue weighted by atomic mass is 32.2. The van der Waals surface area contributed by atoms with Crippen molar-refractivity contribution in [1.29, 1.82) is 0 Å². The molecular weight excluding hydrogens is 322 g/mol. The van der Waals surface area contributed by atoms with Crippen molar-refractivity contribution in [3.8, 4) is 0 Å². The molecular formula is C17H25N5OS. The van der Waals surface area contributed by atoms with Crippen molar-refractivity contribution in [2.75, 3.05) is 7.05 Å². The topological polar surface area (TPSA) is 62.5 Å². The molecule has 7 heteroatoms. The van der Waals surface area contributed by atoms with E-state index in [1.165, 1.54) is 11.9 Å². The summed E-state index contributed by atoms with van der Waals surface area (Å²) in [5.41, 5.74) is 2.15. The first-order valence-electron chi connectivity index (χ1n) is 8.54. The van der Waals surface area contributed by atoms with Crippen LogP contribution in [-0.2, 0) is 11.3 Å². The van der Waals surface area contributed by atoms with E-state index in [0.29, 0.717) is 5.17 Å². The van der Waals surface area contributed by atoms with E-state index in [2.05, 4.69) is 33.7 Å². The zero-order valence-corrected chi connectivity index (χ0v) is 15.5. The van der Waals surface area contributed by atoms with Gasteiger partial charge in [-0.25, -0.2) is 14.3 Å². The Labute approximate surface area is 147 Å². The fourth-order valence-corrected chi connectivity index (χ4v) is 3.84. The number of hydrogen-bond acceptors (Lipinski definition) is 5. The van der Waals surface area contributed by atoms with Crippen LogP contribution in [-0.4, -0.2) is 38.1 Å². The zero-order valence-electron chi connectivity index (χ0n) is 14.7. The van der Waals surface area contributed by atoms with Gasteiger partial charge in [0.25, 0.3) is 0 Å². The van der Waals surface area contributed by atoms with Crippen LogP contribution < -0.4 is 5.32 Å². The monoisotopic (exact) mass is 347 g/mol. The molecule has 1 aromatic rings. The molecule has 1 N–H and O–H groups in total. The molecule has 0 radical (unpaired) electrons. The molecule has 2 aliphatic rings. The Morgan fingerprint density at radius 2 is 2.21 bits per heavy atom. The fourth-order valence-electron chi connectivity index (χ4n) is 3.02. The van der Waals surface area contributed by atoms with Crippen LogP contribution in [0.3, 0.4) is 0 Å². The third-order valence-electron chi connectivity index (χ3n) is 4.69. The maximum absolute atomic E-state index is 12.7. The summed E-state index contributed by atoms with van der Waals surface area (Å²) in [6.07, 6.45) is 8.32. The van der Waals surface area contributed by atoms with Gasteiger partial charge < -0.3 is 9.88 Å². The van der Waals surface area contributed by atoms with Gasteiger partial charge in [0.05, 0.1) is 23.6 Å². The van der Waals surface area contributed by atoms with E-state index in [9.17, 15) is 4.79 Å². The number of aromatic nitrogens is 2. The number of aliphatic imine (C=N–C) groups is 1. The van der Waals surface area contributed by atoms with E-state index < -0.39 is 0 Å². The van der Waals surface area contributed by atoms with Crippen molar-refractivity contribution in [3.05, 3.63) is 23.8 Å². The lowest BCUT2D eigenvalue weighted by Gasteiger charge is -2.23. The summed E-state index contributed by atoms with van der Waals surface area (Å²) in [5, 5.41) is 3.63. The largest absolute Gasteiger partial charge is 0.331 e. The third kappa shape index (κ3) is 3.28. The van der Waals surface area contributed by atoms with Gasteiger partial charge in [-0.1, -0.05) is 26.3 Å². The number of aryl methyl sites for hydroxylation is 1. The second-order valence-electron chi connectivity index (χ2n) is 6.43. The minimum absolute atomic E-state index is 0.0127. The Bertz CT molecular complexity index is 681. The summed E-state index contributed by atoms with van der Waals surface area (Å²) in [4.78, 5) is 21.7. The highest BCUT2D eigenvalue weighted by molar-refractivity contribution is 8.12. The highest BCUT2D eigenvalue weighted by Gasteiger charge is 2.32. The van der Waals surface area contributed by atoms with Gasteiger partial charge in [0, 0.05) is 19.5 Å². The van der Waals surface area contributed by atoms with Gasteiger partial charge >= 0.3 is 0 Å². The number of nitrogens with zero attached hydrogens (tertiary/aromatic N) is 4. The van der Waals surface area contributed by atoms with Crippen molar-refractivity contribution >= 4 is 29.1 Å². The Morgan fingerprint density at radius 1 is 1.42 bits per heavy atom. The van der Waals surface area contributed by atoms with E-state index >= 15 is 0 Å². The van der Waals surface area contributed by atoms with Gasteiger partial charge in [-0.3, -0.25) is 4.79 Å². The van der Waals surface area contributed by atoms with Crippen LogP contribution in [0, 0.1) is 5.92 Å². The van der Waals surface area contributed by atoms with E-state index in [1.807, 2.05) is 36.8 Å². The predicted octanol–water partition coefficient (Wildman–Crippen LogP) is 2.84. The molecule has 0 saturated carbocycles. The van der Waals surface area contributed by atoms with Crippen LogP contribution in [0.25, 0.3) is 6.08 Å². The minimum atomic E-state index is -0.212. The van der Waals surface area contributed by atoms with E-state index in [0.717, 1.165) is 30.8 Å². The summed E-state index contributed by atoms with van der Waals surface area (Å²) in [7, 11) is 1.97. The molecule has 1 aliphatic heterocycles. The first-order valence-corrected chi connectivity index (χ1v) is 9.31. The van der Waals surface area contributed by atoms with Gasteiger partial charge in [-0.05, 0) is 31.4 Å². The van der Waals surface area contributed by atoms with Crippen LogP contribution in [0.15, 0.2) is 17.4 Å². The highest BCUT2D eigenvalue weighted by Crippen LogP contribution is 2.33. The average molecular weight is 347 g/mol. The molecule has 0 spiro atoms. The van der Waals surface area contributed by atoms with E-state index in [4.69, 9.17) is 0 Å². The van der Waals surface area contributed by atoms with Crippen LogP contribution in [0.4, 0.5) is 0 Å². The quantitative estimate of drug-likeness (QED) is 0.851. The standard InChI is InChI=1S/C17H25N5OS/c1-5-6-9-22-10-18-15-11(2)13(7-8-14(15)22)16(23)20-17-19-12(3)21(4)24-17/h7-8,10-13H,5-6,9H2,1-4H3,(H,19,20,23). The first kappa shape index (κ1) is 17.2. The SMILES string of the molecule is CCCCn1cnc2c1C=CC(C(=O)NC1=NC(C)N(C)S1)C2C. The number of rotatable bonds is 4. The van der Waals surface area contributed by atoms with Crippen molar-refractivity contribution < 1.29 is 4.79 Å². The number of unbranched alkanes of at least 4 members (excludes halogenated alkanes) is 1. The number of hydrogen-bond donors (Lipinski definition) is 1. The number of fused-ring (bicyclic) bond motifs is 1. The van der Waals surface area contributed by atoms with Crippen LogP contribution in [0.5, 0.6) is 0 Å². The van der Waals surface area contributed by atoms with Crippen LogP contribution in [0.2, 0.25) is 0 Å². The number of nitrogens with one attached hydrogen (secondary N) is 1. The number of carbonyl (C=O) groups is 1. The molecule has 6 nitrogen and oxygen atoms in total. The normalized spacial score (nSPS) is 26.3. The van der Waals surface area contributed by atoms with Gasteiger partial charge in [0.1, 0.15) is 6.17 Å². The lowest BCUT2D eigenvalue weighted by atomic mass is 9.85. The number of imidazole rings is 1. The summed E-state index contributed by atoms with van der Waals surface area (Å²) in [6.45, 7) is 7.24. The molecule has 3 rings (SSSR count). The summed E-state index contributed by atoms with van der Waals surface area (Å²) >= 11 is 1.47. The molecule has 3 atom stereocenters. The maximum Gasteiger partial charge on any atom is 0.233 e. The molecule has 0 bridgehead atoms. The van der Waals surface area contributed by atoms with Gasteiger partial charge in [-0.2, -0.15) is 0 Å². The Hall–Kier alpha value is -1.60. The number of carbonyl (C=O) groups excluding carboxylic acids is 1. The van der Waals surface area contributed by atoms with Gasteiger partial charge in [-0.15, -0.1) is 0 Å². The van der Waals surface area contributed by atoms with Crippen LogP contribution in [0.1, 0.15) is 50.9 Å². The van der Waals surface area contributed by atoms with Crippen molar-refractivity contribution in [3.63, 3.8) is 0 Å². The smallest absolute Gasteiger partial charge is 0.233 e. The second kappa shape index (κ2) is 7.11. The molecule has 2 heterocycles. The number of amidine groups is 1. The first-order chi connectivity index (χ1) is 11.5. The molecule has 1 aromatic heterocycles. The molecule has 3 unspecified atom stereocenters. The summed E-state index contributed by atoms with van der Waals surface area (Å²) < 4.78 is 4.21. The maximum atomic E-state index is 12.7. The summed E-state index contributed by atoms with van der Waals surface area (Å²) in [5.74, 6) is -0.159. The molecule has 0 saturated heterocycles. The van der Waals surface area contributed by atoms with Crippen molar-refractivity contribution in [2.24, 2.45) is 10.9 Å². The van der Waals surface area contributed by atoms with Crippen molar-refractivity contribution in [2.45, 2.75) is 52.2 Å². The molecule has 0 fully saturated rings. The molecule has 24 heavy (non-hydrogen) atoms. The van der Waals surface area contributed by atoms with Crippen LogP contribution >= 0.6 is 11.9 Å². The average Bonchev–Trinajstić information content (AvgIpc) is 3.09. The Morgan fingerprint density at radius 3 is 2.88 bits per heavy atom. The van der Waals surface area contributed by atoms with E-state index in [-0.39, 0.29) is 23.9 Å². The molecule has 1 amide bonds. The second-order valence-corrected chi connectivity index (χ2v) is 7.57. The van der Waals surface area contributed by atoms with Gasteiger partial charge in [0.2, 0.25) is 5.91 Å². The van der Waals surface area contributed by atoms with E-state index in [1.54, 1.807) is 0 Å². The minimum Gasteiger partial charge on any atom is -0.331 e. The zero-order chi connectivity index (χ0) is 17.3. The predicted molar refractivity (Wildman–Crippen MR) is 98.5 cm³/mol. The van der Waals surface area contributed by atoms with Gasteiger partial charge in [0.15, 0.2) is 5.17 Å².